The second-order valence-corrected chi connectivity index (χ2v) is 6.35. The van der Waals surface area contributed by atoms with Gasteiger partial charge in [0.15, 0.2) is 9.84 Å². The molecule has 2 N–H and O–H groups in total. The SMILES string of the molecule is CCC(CO)NC(=O)CCS(=O)(=O)c1ccccc1. The molecular formula is C13H19NO4S. The Morgan fingerprint density at radius 1 is 1.32 bits per heavy atom. The third-order valence-electron chi connectivity index (χ3n) is 2.78. The summed E-state index contributed by atoms with van der Waals surface area (Å²) in [5.41, 5.74) is 0. The molecule has 1 aromatic carbocycles. The molecule has 0 saturated heterocycles. The van der Waals surface area contributed by atoms with Crippen LogP contribution < -0.4 is 5.32 Å². The van der Waals surface area contributed by atoms with Gasteiger partial charge in [-0.05, 0) is 18.6 Å². The van der Waals surface area contributed by atoms with Crippen molar-refractivity contribution in [2.45, 2.75) is 30.7 Å². The van der Waals surface area contributed by atoms with Crippen LogP contribution in [0.5, 0.6) is 0 Å². The number of aliphatic hydroxyl groups is 1. The molecule has 1 aromatic rings. The van der Waals surface area contributed by atoms with Crippen LogP contribution in [0.2, 0.25) is 0 Å². The van der Waals surface area contributed by atoms with Crippen molar-refractivity contribution in [2.24, 2.45) is 0 Å². The Morgan fingerprint density at radius 3 is 2.47 bits per heavy atom. The molecule has 0 aromatic heterocycles. The number of aliphatic hydroxyl groups excluding tert-OH is 1. The van der Waals surface area contributed by atoms with Crippen molar-refractivity contribution in [1.29, 1.82) is 0 Å². The van der Waals surface area contributed by atoms with E-state index in [0.717, 1.165) is 0 Å². The van der Waals surface area contributed by atoms with Crippen LogP contribution in [0, 0.1) is 0 Å². The maximum absolute atomic E-state index is 11.9. The number of hydrogen-bond donors (Lipinski definition) is 2. The highest BCUT2D eigenvalue weighted by atomic mass is 32.2. The van der Waals surface area contributed by atoms with Crippen molar-refractivity contribution in [3.63, 3.8) is 0 Å². The lowest BCUT2D eigenvalue weighted by Gasteiger charge is -2.13. The second-order valence-electron chi connectivity index (χ2n) is 4.24. The number of carbonyl (C=O) groups is 1. The predicted molar refractivity (Wildman–Crippen MR) is 72.4 cm³/mol. The molecule has 0 aliphatic rings. The van der Waals surface area contributed by atoms with Gasteiger partial charge < -0.3 is 10.4 Å². The number of rotatable bonds is 7. The van der Waals surface area contributed by atoms with Crippen LogP contribution in [0.3, 0.4) is 0 Å². The standard InChI is InChI=1S/C13H19NO4S/c1-2-11(10-15)14-13(16)8-9-19(17,18)12-6-4-3-5-7-12/h3-7,11,15H,2,8-10H2,1H3,(H,14,16). The van der Waals surface area contributed by atoms with Crippen LogP contribution in [0.4, 0.5) is 0 Å². The van der Waals surface area contributed by atoms with Gasteiger partial charge in [-0.15, -0.1) is 0 Å². The van der Waals surface area contributed by atoms with E-state index in [1.165, 1.54) is 12.1 Å². The average Bonchev–Trinajstić information content (AvgIpc) is 2.43. The van der Waals surface area contributed by atoms with Crippen molar-refractivity contribution in [1.82, 2.24) is 5.32 Å². The monoisotopic (exact) mass is 285 g/mol. The van der Waals surface area contributed by atoms with E-state index in [0.29, 0.717) is 6.42 Å². The zero-order valence-electron chi connectivity index (χ0n) is 10.9. The summed E-state index contributed by atoms with van der Waals surface area (Å²) in [5, 5.41) is 11.5. The van der Waals surface area contributed by atoms with Gasteiger partial charge in [-0.2, -0.15) is 0 Å². The second kappa shape index (κ2) is 7.25. The number of nitrogens with one attached hydrogen (secondary N) is 1. The summed E-state index contributed by atoms with van der Waals surface area (Å²) in [4.78, 5) is 11.8. The summed E-state index contributed by atoms with van der Waals surface area (Å²) in [6.45, 7) is 1.69. The lowest BCUT2D eigenvalue weighted by Crippen LogP contribution is -2.37. The topological polar surface area (TPSA) is 83.5 Å². The quantitative estimate of drug-likeness (QED) is 0.774. The molecule has 19 heavy (non-hydrogen) atoms. The number of amides is 1. The molecule has 0 saturated carbocycles. The lowest BCUT2D eigenvalue weighted by molar-refractivity contribution is -0.121. The molecular weight excluding hydrogens is 266 g/mol. The first-order valence-electron chi connectivity index (χ1n) is 6.17. The molecule has 0 spiro atoms. The van der Waals surface area contributed by atoms with E-state index in [1.807, 2.05) is 6.92 Å². The zero-order valence-corrected chi connectivity index (χ0v) is 11.7. The molecule has 0 bridgehead atoms. The summed E-state index contributed by atoms with van der Waals surface area (Å²) < 4.78 is 23.9. The summed E-state index contributed by atoms with van der Waals surface area (Å²) >= 11 is 0. The Bertz CT molecular complexity index is 495. The van der Waals surface area contributed by atoms with Gasteiger partial charge in [-0.25, -0.2) is 8.42 Å². The molecule has 1 rings (SSSR count). The average molecular weight is 285 g/mol. The molecule has 5 nitrogen and oxygen atoms in total. The van der Waals surface area contributed by atoms with E-state index >= 15 is 0 Å². The summed E-state index contributed by atoms with van der Waals surface area (Å²) in [5.74, 6) is -0.592. The van der Waals surface area contributed by atoms with E-state index in [4.69, 9.17) is 5.11 Å². The minimum atomic E-state index is -3.43. The molecule has 0 aliphatic carbocycles. The van der Waals surface area contributed by atoms with E-state index in [2.05, 4.69) is 5.32 Å². The fraction of sp³-hybridized carbons (Fsp3) is 0.462. The fourth-order valence-corrected chi connectivity index (χ4v) is 2.81. The van der Waals surface area contributed by atoms with Gasteiger partial charge in [0.05, 0.1) is 23.3 Å². The molecule has 1 atom stereocenters. The first kappa shape index (κ1) is 15.7. The Labute approximate surface area is 113 Å². The van der Waals surface area contributed by atoms with Gasteiger partial charge >= 0.3 is 0 Å². The number of hydrogen-bond acceptors (Lipinski definition) is 4. The fourth-order valence-electron chi connectivity index (χ4n) is 1.55. The Morgan fingerprint density at radius 2 is 1.95 bits per heavy atom. The molecule has 106 valence electrons. The molecule has 1 unspecified atom stereocenters. The molecule has 0 fully saturated rings. The van der Waals surface area contributed by atoms with Crippen LogP contribution in [0.25, 0.3) is 0 Å². The predicted octanol–water partition coefficient (Wildman–Crippen LogP) is 0.737. The summed E-state index contributed by atoms with van der Waals surface area (Å²) in [6.07, 6.45) is 0.501. The van der Waals surface area contributed by atoms with Gasteiger partial charge in [0, 0.05) is 6.42 Å². The maximum Gasteiger partial charge on any atom is 0.221 e. The highest BCUT2D eigenvalue weighted by molar-refractivity contribution is 7.91. The normalized spacial score (nSPS) is 12.9. The number of carbonyl (C=O) groups excluding carboxylic acids is 1. The third-order valence-corrected chi connectivity index (χ3v) is 4.51. The van der Waals surface area contributed by atoms with Crippen molar-refractivity contribution in [3.05, 3.63) is 30.3 Å². The van der Waals surface area contributed by atoms with Crippen LogP contribution in [0.1, 0.15) is 19.8 Å². The molecule has 1 amide bonds. The third kappa shape index (κ3) is 5.00. The Kier molecular flexibility index (Phi) is 5.98. The maximum atomic E-state index is 11.9. The molecule has 0 radical (unpaired) electrons. The van der Waals surface area contributed by atoms with Crippen molar-refractivity contribution in [3.8, 4) is 0 Å². The minimum Gasteiger partial charge on any atom is -0.394 e. The van der Waals surface area contributed by atoms with Crippen LogP contribution in [-0.4, -0.2) is 37.8 Å². The van der Waals surface area contributed by atoms with Crippen molar-refractivity contribution in [2.75, 3.05) is 12.4 Å². The highest BCUT2D eigenvalue weighted by Gasteiger charge is 2.17. The van der Waals surface area contributed by atoms with Crippen LogP contribution in [0.15, 0.2) is 35.2 Å². The minimum absolute atomic E-state index is 0.103. The molecule has 0 aliphatic heterocycles. The lowest BCUT2D eigenvalue weighted by atomic mass is 10.2. The number of sulfone groups is 1. The smallest absolute Gasteiger partial charge is 0.221 e. The van der Waals surface area contributed by atoms with Gasteiger partial charge in [0.1, 0.15) is 0 Å². The zero-order chi connectivity index (χ0) is 14.3. The Hall–Kier alpha value is -1.40. The van der Waals surface area contributed by atoms with Crippen molar-refractivity contribution < 1.29 is 18.3 Å². The van der Waals surface area contributed by atoms with Gasteiger partial charge in [-0.3, -0.25) is 4.79 Å². The number of benzene rings is 1. The van der Waals surface area contributed by atoms with E-state index < -0.39 is 9.84 Å². The van der Waals surface area contributed by atoms with Crippen LogP contribution >= 0.6 is 0 Å². The summed E-state index contributed by atoms with van der Waals surface area (Å²) in [7, 11) is -3.43. The first-order chi connectivity index (χ1) is 8.99. The van der Waals surface area contributed by atoms with E-state index in [9.17, 15) is 13.2 Å². The molecule has 6 heteroatoms. The van der Waals surface area contributed by atoms with Crippen molar-refractivity contribution >= 4 is 15.7 Å². The van der Waals surface area contributed by atoms with E-state index in [-0.39, 0.29) is 35.6 Å². The summed E-state index contributed by atoms with van der Waals surface area (Å²) in [6, 6.07) is 7.73. The van der Waals surface area contributed by atoms with Crippen LogP contribution in [-0.2, 0) is 14.6 Å². The first-order valence-corrected chi connectivity index (χ1v) is 7.83. The highest BCUT2D eigenvalue weighted by Crippen LogP contribution is 2.11. The van der Waals surface area contributed by atoms with Gasteiger partial charge in [0.2, 0.25) is 5.91 Å². The van der Waals surface area contributed by atoms with Gasteiger partial charge in [-0.1, -0.05) is 25.1 Å². The Balaban J connectivity index is 2.55. The molecule has 0 heterocycles. The van der Waals surface area contributed by atoms with Gasteiger partial charge in [0.25, 0.3) is 0 Å². The largest absolute Gasteiger partial charge is 0.394 e. The van der Waals surface area contributed by atoms with E-state index in [1.54, 1.807) is 18.2 Å².